The van der Waals surface area contributed by atoms with Gasteiger partial charge < -0.3 is 40.1 Å². The third-order valence-corrected chi connectivity index (χ3v) is 4.24. The van der Waals surface area contributed by atoms with Crippen LogP contribution in [0.4, 0.5) is 0 Å². The van der Waals surface area contributed by atoms with E-state index in [0.29, 0.717) is 19.3 Å². The third-order valence-electron chi connectivity index (χ3n) is 4.24. The largest absolute Gasteiger partial charge is 0.394 e. The first-order valence-electron chi connectivity index (χ1n) is 7.21. The van der Waals surface area contributed by atoms with Gasteiger partial charge in [-0.05, 0) is 18.8 Å². The quantitative estimate of drug-likeness (QED) is 0.330. The van der Waals surface area contributed by atoms with E-state index in [4.69, 9.17) is 19.7 Å². The number of ether oxygens (including phenoxy) is 2. The summed E-state index contributed by atoms with van der Waals surface area (Å²) >= 11 is 0. The Kier molecular flexibility index (Phi) is 5.92. The maximum absolute atomic E-state index is 9.98. The van der Waals surface area contributed by atoms with Crippen molar-refractivity contribution in [1.82, 2.24) is 0 Å². The minimum atomic E-state index is -1.39. The number of aliphatic hydroxyl groups is 6. The van der Waals surface area contributed by atoms with Crippen molar-refractivity contribution in [3.05, 3.63) is 0 Å². The van der Waals surface area contributed by atoms with Gasteiger partial charge in [0.05, 0.1) is 25.4 Å². The Morgan fingerprint density at radius 3 is 2.05 bits per heavy atom. The summed E-state index contributed by atoms with van der Waals surface area (Å²) in [7, 11) is 0. The highest BCUT2D eigenvalue weighted by Crippen LogP contribution is 2.32. The monoisotopic (exact) mass is 308 g/mol. The van der Waals surface area contributed by atoms with Crippen molar-refractivity contribution in [3.8, 4) is 0 Å². The third kappa shape index (κ3) is 3.91. The number of aliphatic hydroxyl groups excluding tert-OH is 6. The molecule has 21 heavy (non-hydrogen) atoms. The Balaban J connectivity index is 1.97. The summed E-state index contributed by atoms with van der Waals surface area (Å²) < 4.78 is 10.6. The first-order chi connectivity index (χ1) is 9.96. The molecule has 124 valence electrons. The molecule has 0 amide bonds. The average Bonchev–Trinajstić information content (AvgIpc) is 2.47. The minimum Gasteiger partial charge on any atom is -0.394 e. The summed E-state index contributed by atoms with van der Waals surface area (Å²) in [5.41, 5.74) is 0. The van der Waals surface area contributed by atoms with Crippen LogP contribution in [0, 0.1) is 5.92 Å². The predicted octanol–water partition coefficient (Wildman–Crippen LogP) is -2.68. The van der Waals surface area contributed by atoms with Gasteiger partial charge in [0, 0.05) is 6.42 Å². The molecule has 0 radical (unpaired) electrons. The SMILES string of the molecule is OC[C@@H]1C[C@H](C[C@H]2O[C@H](CO)[C@@H](O)[C@H](O)[C@@H]2O)C[C@@H](O)O1. The van der Waals surface area contributed by atoms with Gasteiger partial charge in [-0.2, -0.15) is 0 Å². The minimum absolute atomic E-state index is 0.0627. The van der Waals surface area contributed by atoms with Crippen LogP contribution in [0.25, 0.3) is 0 Å². The molecule has 0 aliphatic carbocycles. The van der Waals surface area contributed by atoms with Crippen LogP contribution in [0.1, 0.15) is 19.3 Å². The van der Waals surface area contributed by atoms with E-state index in [1.54, 1.807) is 0 Å². The van der Waals surface area contributed by atoms with E-state index in [2.05, 4.69) is 0 Å². The molecule has 0 aromatic carbocycles. The van der Waals surface area contributed by atoms with Crippen LogP contribution in [0.2, 0.25) is 0 Å². The van der Waals surface area contributed by atoms with Crippen LogP contribution in [0.5, 0.6) is 0 Å². The van der Waals surface area contributed by atoms with Crippen molar-refractivity contribution in [3.63, 3.8) is 0 Å². The van der Waals surface area contributed by atoms with Gasteiger partial charge in [-0.1, -0.05) is 0 Å². The van der Waals surface area contributed by atoms with Crippen LogP contribution in [0.3, 0.4) is 0 Å². The topological polar surface area (TPSA) is 140 Å². The zero-order valence-electron chi connectivity index (χ0n) is 11.7. The van der Waals surface area contributed by atoms with Crippen LogP contribution in [-0.2, 0) is 9.47 Å². The van der Waals surface area contributed by atoms with Crippen LogP contribution in [-0.4, -0.2) is 86.8 Å². The van der Waals surface area contributed by atoms with Crippen molar-refractivity contribution in [2.45, 2.75) is 62.2 Å². The van der Waals surface area contributed by atoms with Crippen molar-refractivity contribution in [2.75, 3.05) is 13.2 Å². The van der Waals surface area contributed by atoms with Gasteiger partial charge in [0.25, 0.3) is 0 Å². The first kappa shape index (κ1) is 17.0. The highest BCUT2D eigenvalue weighted by atomic mass is 16.6. The van der Waals surface area contributed by atoms with E-state index in [-0.39, 0.29) is 12.5 Å². The zero-order valence-corrected chi connectivity index (χ0v) is 11.7. The van der Waals surface area contributed by atoms with Gasteiger partial charge in [-0.25, -0.2) is 0 Å². The van der Waals surface area contributed by atoms with Gasteiger partial charge in [0.2, 0.25) is 0 Å². The molecule has 8 atom stereocenters. The Morgan fingerprint density at radius 2 is 1.43 bits per heavy atom. The molecule has 0 bridgehead atoms. The van der Waals surface area contributed by atoms with E-state index in [9.17, 15) is 20.4 Å². The molecule has 2 aliphatic heterocycles. The fraction of sp³-hybridized carbons (Fsp3) is 1.00. The predicted molar refractivity (Wildman–Crippen MR) is 69.1 cm³/mol. The smallest absolute Gasteiger partial charge is 0.155 e. The molecule has 8 heteroatoms. The summed E-state index contributed by atoms with van der Waals surface area (Å²) in [5.74, 6) is -0.0627. The van der Waals surface area contributed by atoms with Gasteiger partial charge in [-0.15, -0.1) is 0 Å². The average molecular weight is 308 g/mol. The van der Waals surface area contributed by atoms with E-state index < -0.39 is 49.5 Å². The summed E-state index contributed by atoms with van der Waals surface area (Å²) in [4.78, 5) is 0. The summed E-state index contributed by atoms with van der Waals surface area (Å²) in [6.07, 6.45) is -5.98. The summed E-state index contributed by atoms with van der Waals surface area (Å²) in [6.45, 7) is -0.667. The summed E-state index contributed by atoms with van der Waals surface area (Å²) in [6, 6.07) is 0. The highest BCUT2D eigenvalue weighted by molar-refractivity contribution is 4.93. The lowest BCUT2D eigenvalue weighted by atomic mass is 9.85. The maximum Gasteiger partial charge on any atom is 0.155 e. The Labute approximate surface area is 122 Å². The zero-order chi connectivity index (χ0) is 15.6. The van der Waals surface area contributed by atoms with Crippen LogP contribution in [0.15, 0.2) is 0 Å². The van der Waals surface area contributed by atoms with Crippen LogP contribution >= 0.6 is 0 Å². The summed E-state index contributed by atoms with van der Waals surface area (Å²) in [5, 5.41) is 57.3. The lowest BCUT2D eigenvalue weighted by molar-refractivity contribution is -0.239. The van der Waals surface area contributed by atoms with E-state index in [1.165, 1.54) is 0 Å². The van der Waals surface area contributed by atoms with Gasteiger partial charge in [-0.3, -0.25) is 0 Å². The lowest BCUT2D eigenvalue weighted by Crippen LogP contribution is -2.59. The molecule has 0 aromatic heterocycles. The van der Waals surface area contributed by atoms with Gasteiger partial charge in [0.15, 0.2) is 6.29 Å². The van der Waals surface area contributed by atoms with Crippen LogP contribution < -0.4 is 0 Å². The molecule has 0 unspecified atom stereocenters. The Morgan fingerprint density at radius 1 is 0.762 bits per heavy atom. The number of rotatable bonds is 4. The second-order valence-electron chi connectivity index (χ2n) is 5.84. The van der Waals surface area contributed by atoms with Crippen molar-refractivity contribution in [1.29, 1.82) is 0 Å². The second kappa shape index (κ2) is 7.30. The van der Waals surface area contributed by atoms with E-state index >= 15 is 0 Å². The standard InChI is InChI=1S/C13H24O8/c14-4-7-1-6(3-10(16)20-7)2-8-11(17)13(19)12(18)9(5-15)21-8/h6-19H,1-5H2/t6-,7+,8-,9-,10+,11-,12-,13-/m1/s1. The number of hydrogen-bond donors (Lipinski definition) is 6. The number of hydrogen-bond acceptors (Lipinski definition) is 8. The van der Waals surface area contributed by atoms with E-state index in [0.717, 1.165) is 0 Å². The fourth-order valence-electron chi connectivity index (χ4n) is 3.10. The van der Waals surface area contributed by atoms with E-state index in [1.807, 2.05) is 0 Å². The second-order valence-corrected chi connectivity index (χ2v) is 5.84. The molecule has 0 saturated carbocycles. The molecule has 2 fully saturated rings. The molecule has 6 N–H and O–H groups in total. The van der Waals surface area contributed by atoms with Gasteiger partial charge >= 0.3 is 0 Å². The van der Waals surface area contributed by atoms with Crippen molar-refractivity contribution >= 4 is 0 Å². The molecular formula is C13H24O8. The highest BCUT2D eigenvalue weighted by Gasteiger charge is 2.44. The Bertz CT molecular complexity index is 325. The van der Waals surface area contributed by atoms with Crippen molar-refractivity contribution in [2.24, 2.45) is 5.92 Å². The molecule has 0 aromatic rings. The maximum atomic E-state index is 9.98. The first-order valence-corrected chi connectivity index (χ1v) is 7.21. The molecule has 8 nitrogen and oxygen atoms in total. The fourth-order valence-corrected chi connectivity index (χ4v) is 3.10. The molecular weight excluding hydrogens is 284 g/mol. The molecule has 0 spiro atoms. The Hall–Kier alpha value is -0.320. The molecule has 2 heterocycles. The molecule has 2 saturated heterocycles. The molecule has 2 rings (SSSR count). The lowest BCUT2D eigenvalue weighted by Gasteiger charge is -2.42. The molecule has 2 aliphatic rings. The van der Waals surface area contributed by atoms with Crippen molar-refractivity contribution < 1.29 is 40.1 Å². The van der Waals surface area contributed by atoms with Gasteiger partial charge in [0.1, 0.15) is 24.4 Å². The normalized spacial score (nSPS) is 48.3.